The molecule has 0 saturated carbocycles. The summed E-state index contributed by atoms with van der Waals surface area (Å²) in [4.78, 5) is 40.3. The van der Waals surface area contributed by atoms with Crippen LogP contribution in [0.15, 0.2) is 24.3 Å². The smallest absolute Gasteiger partial charge is 0.253 e. The molecule has 2 rings (SSSR count). The van der Waals surface area contributed by atoms with Crippen molar-refractivity contribution >= 4 is 41.7 Å². The Labute approximate surface area is 177 Å². The number of nitrogens with zero attached hydrogens (tertiary/aromatic N) is 2. The zero-order chi connectivity index (χ0) is 20.0. The van der Waals surface area contributed by atoms with Crippen LogP contribution in [-0.2, 0) is 9.59 Å². The van der Waals surface area contributed by atoms with Crippen molar-refractivity contribution in [3.05, 3.63) is 34.9 Å². The summed E-state index contributed by atoms with van der Waals surface area (Å²) < 4.78 is 0. The average Bonchev–Trinajstić information content (AvgIpc) is 2.91. The Morgan fingerprint density at radius 3 is 2.25 bits per heavy atom. The Balaban J connectivity index is 0.00000392. The van der Waals surface area contributed by atoms with E-state index < -0.39 is 6.04 Å². The van der Waals surface area contributed by atoms with Crippen molar-refractivity contribution in [1.29, 1.82) is 0 Å². The summed E-state index contributed by atoms with van der Waals surface area (Å²) >= 11 is 5.86. The zero-order valence-corrected chi connectivity index (χ0v) is 17.8. The lowest BCUT2D eigenvalue weighted by atomic mass is 10.1. The van der Waals surface area contributed by atoms with Crippen molar-refractivity contribution in [2.24, 2.45) is 11.7 Å². The van der Waals surface area contributed by atoms with Crippen molar-refractivity contribution in [3.8, 4) is 0 Å². The normalized spacial score (nSPS) is 15.5. The van der Waals surface area contributed by atoms with E-state index in [4.69, 9.17) is 17.3 Å². The standard InChI is InChI=1S/C19H27ClN4O3.ClH/c1-13(2)17(21)18(26)22-12-16(25)23-8-3-9-24(11-10-23)19(27)14-4-6-15(20)7-5-14;/h4-7,13,17H,3,8-12,21H2,1-2H3,(H,22,26);1H/t17-;/m0./s1. The number of amides is 3. The second kappa shape index (κ2) is 11.2. The van der Waals surface area contributed by atoms with Gasteiger partial charge in [-0.1, -0.05) is 25.4 Å². The lowest BCUT2D eigenvalue weighted by molar-refractivity contribution is -0.133. The number of hydrogen-bond acceptors (Lipinski definition) is 4. The van der Waals surface area contributed by atoms with Crippen LogP contribution in [0.4, 0.5) is 0 Å². The number of rotatable bonds is 5. The molecule has 7 nitrogen and oxygen atoms in total. The zero-order valence-electron chi connectivity index (χ0n) is 16.2. The van der Waals surface area contributed by atoms with Gasteiger partial charge in [-0.3, -0.25) is 14.4 Å². The van der Waals surface area contributed by atoms with Gasteiger partial charge < -0.3 is 20.9 Å². The molecule has 0 bridgehead atoms. The molecule has 0 aliphatic carbocycles. The van der Waals surface area contributed by atoms with Crippen molar-refractivity contribution in [1.82, 2.24) is 15.1 Å². The maximum atomic E-state index is 12.6. The lowest BCUT2D eigenvalue weighted by Gasteiger charge is -2.23. The Morgan fingerprint density at radius 2 is 1.64 bits per heavy atom. The fourth-order valence-electron chi connectivity index (χ4n) is 2.84. The number of halogens is 2. The molecule has 0 unspecified atom stereocenters. The summed E-state index contributed by atoms with van der Waals surface area (Å²) in [7, 11) is 0. The number of nitrogens with two attached hydrogens (primary N) is 1. The second-order valence-electron chi connectivity index (χ2n) is 7.02. The van der Waals surface area contributed by atoms with Crippen molar-refractivity contribution in [3.63, 3.8) is 0 Å². The van der Waals surface area contributed by atoms with Gasteiger partial charge in [0, 0.05) is 36.8 Å². The molecule has 3 N–H and O–H groups in total. The highest BCUT2D eigenvalue weighted by atomic mass is 35.5. The van der Waals surface area contributed by atoms with E-state index in [1.54, 1.807) is 34.1 Å². The molecule has 0 aromatic heterocycles. The monoisotopic (exact) mass is 430 g/mol. The van der Waals surface area contributed by atoms with Crippen LogP contribution >= 0.6 is 24.0 Å². The fourth-order valence-corrected chi connectivity index (χ4v) is 2.97. The van der Waals surface area contributed by atoms with Gasteiger partial charge in [-0.25, -0.2) is 0 Å². The lowest BCUT2D eigenvalue weighted by Crippen LogP contribution is -2.48. The third-order valence-electron chi connectivity index (χ3n) is 4.66. The predicted octanol–water partition coefficient (Wildman–Crippen LogP) is 1.54. The van der Waals surface area contributed by atoms with Crippen LogP contribution in [0.3, 0.4) is 0 Å². The molecule has 1 aliphatic rings. The molecule has 1 saturated heterocycles. The Kier molecular flexibility index (Phi) is 9.72. The number of hydrogen-bond donors (Lipinski definition) is 2. The van der Waals surface area contributed by atoms with Gasteiger partial charge in [-0.2, -0.15) is 0 Å². The molecular weight excluding hydrogens is 403 g/mol. The second-order valence-corrected chi connectivity index (χ2v) is 7.46. The predicted molar refractivity (Wildman–Crippen MR) is 112 cm³/mol. The summed E-state index contributed by atoms with van der Waals surface area (Å²) in [5.74, 6) is -0.560. The first-order valence-electron chi connectivity index (χ1n) is 9.15. The molecule has 3 amide bonds. The largest absolute Gasteiger partial charge is 0.346 e. The van der Waals surface area contributed by atoms with Gasteiger partial charge in [0.2, 0.25) is 11.8 Å². The van der Waals surface area contributed by atoms with Gasteiger partial charge in [0.05, 0.1) is 12.6 Å². The first-order chi connectivity index (χ1) is 12.8. The van der Waals surface area contributed by atoms with Gasteiger partial charge >= 0.3 is 0 Å². The fraction of sp³-hybridized carbons (Fsp3) is 0.526. The summed E-state index contributed by atoms with van der Waals surface area (Å²) in [6, 6.07) is 6.15. The summed E-state index contributed by atoms with van der Waals surface area (Å²) in [6.45, 7) is 5.65. The van der Waals surface area contributed by atoms with Gasteiger partial charge in [0.1, 0.15) is 0 Å². The first-order valence-corrected chi connectivity index (χ1v) is 9.53. The van der Waals surface area contributed by atoms with E-state index in [-0.39, 0.29) is 42.6 Å². The molecule has 1 heterocycles. The summed E-state index contributed by atoms with van der Waals surface area (Å²) in [5, 5.41) is 3.18. The minimum Gasteiger partial charge on any atom is -0.346 e. The third-order valence-corrected chi connectivity index (χ3v) is 4.91. The molecule has 9 heteroatoms. The highest BCUT2D eigenvalue weighted by Gasteiger charge is 2.24. The van der Waals surface area contributed by atoms with Crippen LogP contribution in [0.25, 0.3) is 0 Å². The molecule has 0 radical (unpaired) electrons. The number of carbonyl (C=O) groups excluding carboxylic acids is 3. The van der Waals surface area contributed by atoms with E-state index in [0.717, 1.165) is 0 Å². The van der Waals surface area contributed by atoms with Crippen LogP contribution in [0.1, 0.15) is 30.6 Å². The average molecular weight is 431 g/mol. The molecule has 0 spiro atoms. The van der Waals surface area contributed by atoms with E-state index >= 15 is 0 Å². The molecule has 1 aromatic rings. The molecule has 1 atom stereocenters. The van der Waals surface area contributed by atoms with Gasteiger partial charge in [0.25, 0.3) is 5.91 Å². The number of benzene rings is 1. The Morgan fingerprint density at radius 1 is 1.07 bits per heavy atom. The Hall–Kier alpha value is -1.83. The van der Waals surface area contributed by atoms with Gasteiger partial charge in [0.15, 0.2) is 0 Å². The maximum Gasteiger partial charge on any atom is 0.253 e. The number of carbonyl (C=O) groups is 3. The molecule has 1 aliphatic heterocycles. The van der Waals surface area contributed by atoms with E-state index in [9.17, 15) is 14.4 Å². The molecule has 1 fully saturated rings. The minimum absolute atomic E-state index is 0. The van der Waals surface area contributed by atoms with E-state index in [2.05, 4.69) is 5.32 Å². The molecule has 1 aromatic carbocycles. The van der Waals surface area contributed by atoms with Crippen molar-refractivity contribution in [2.75, 3.05) is 32.7 Å². The molecule has 28 heavy (non-hydrogen) atoms. The van der Waals surface area contributed by atoms with Crippen LogP contribution in [0.5, 0.6) is 0 Å². The number of nitrogens with one attached hydrogen (secondary N) is 1. The quantitative estimate of drug-likeness (QED) is 0.739. The van der Waals surface area contributed by atoms with Gasteiger partial charge in [-0.15, -0.1) is 12.4 Å². The first kappa shape index (κ1) is 24.2. The maximum absolute atomic E-state index is 12.6. The van der Waals surface area contributed by atoms with E-state index in [1.807, 2.05) is 13.8 Å². The van der Waals surface area contributed by atoms with Crippen LogP contribution in [-0.4, -0.2) is 66.3 Å². The SMILES string of the molecule is CC(C)[C@H](N)C(=O)NCC(=O)N1CCCN(C(=O)c2ccc(Cl)cc2)CC1.Cl. The van der Waals surface area contributed by atoms with Crippen molar-refractivity contribution < 1.29 is 14.4 Å². The van der Waals surface area contributed by atoms with Crippen LogP contribution in [0.2, 0.25) is 5.02 Å². The highest BCUT2D eigenvalue weighted by Crippen LogP contribution is 2.13. The Bertz CT molecular complexity index is 682. The highest BCUT2D eigenvalue weighted by molar-refractivity contribution is 6.30. The third kappa shape index (κ3) is 6.65. The van der Waals surface area contributed by atoms with E-state index in [0.29, 0.717) is 43.2 Å². The van der Waals surface area contributed by atoms with Crippen LogP contribution in [0, 0.1) is 5.92 Å². The minimum atomic E-state index is -0.630. The summed E-state index contributed by atoms with van der Waals surface area (Å²) in [5.41, 5.74) is 6.35. The molecule has 156 valence electrons. The van der Waals surface area contributed by atoms with Crippen LogP contribution < -0.4 is 11.1 Å². The summed E-state index contributed by atoms with van der Waals surface area (Å²) in [6.07, 6.45) is 0.685. The topological polar surface area (TPSA) is 95.7 Å². The van der Waals surface area contributed by atoms with E-state index in [1.165, 1.54) is 0 Å². The van der Waals surface area contributed by atoms with Crippen molar-refractivity contribution in [2.45, 2.75) is 26.3 Å². The van der Waals surface area contributed by atoms with Gasteiger partial charge in [-0.05, 0) is 36.6 Å². The molecular formula is C19H28Cl2N4O3.